The van der Waals surface area contributed by atoms with Crippen LogP contribution in [0.4, 0.5) is 0 Å². The van der Waals surface area contributed by atoms with Gasteiger partial charge in [-0.25, -0.2) is 0 Å². The van der Waals surface area contributed by atoms with Gasteiger partial charge in [0.25, 0.3) is 0 Å². The highest BCUT2D eigenvalue weighted by molar-refractivity contribution is 5.97. The van der Waals surface area contributed by atoms with E-state index in [0.29, 0.717) is 18.9 Å². The van der Waals surface area contributed by atoms with Crippen LogP contribution in [0, 0.1) is 0 Å². The van der Waals surface area contributed by atoms with Gasteiger partial charge < -0.3 is 9.47 Å². The van der Waals surface area contributed by atoms with Gasteiger partial charge in [-0.05, 0) is 29.7 Å². The number of benzene rings is 1. The molecule has 0 saturated carbocycles. The first-order chi connectivity index (χ1) is 8.10. The van der Waals surface area contributed by atoms with Crippen molar-refractivity contribution >= 4 is 5.78 Å². The van der Waals surface area contributed by atoms with Crippen molar-refractivity contribution in [3.63, 3.8) is 0 Å². The van der Waals surface area contributed by atoms with E-state index in [0.717, 1.165) is 16.9 Å². The van der Waals surface area contributed by atoms with Crippen molar-refractivity contribution in [3.8, 4) is 5.75 Å². The first kappa shape index (κ1) is 13.7. The largest absolute Gasteiger partial charge is 0.497 e. The summed E-state index contributed by atoms with van der Waals surface area (Å²) in [7, 11) is 3.23. The molecule has 0 fully saturated rings. The molecular weight excluding hydrogens is 216 g/mol. The van der Waals surface area contributed by atoms with Crippen molar-refractivity contribution in [2.24, 2.45) is 0 Å². The zero-order chi connectivity index (χ0) is 12.8. The fourth-order valence-corrected chi connectivity index (χ4v) is 1.73. The van der Waals surface area contributed by atoms with Crippen molar-refractivity contribution in [3.05, 3.63) is 29.3 Å². The fourth-order valence-electron chi connectivity index (χ4n) is 1.73. The molecule has 3 heteroatoms. The van der Waals surface area contributed by atoms with Crippen molar-refractivity contribution in [2.45, 2.75) is 26.2 Å². The highest BCUT2D eigenvalue weighted by atomic mass is 16.5. The maximum atomic E-state index is 12.0. The van der Waals surface area contributed by atoms with Gasteiger partial charge in [-0.3, -0.25) is 4.79 Å². The summed E-state index contributed by atoms with van der Waals surface area (Å²) in [5.41, 5.74) is 1.81. The third kappa shape index (κ3) is 3.56. The van der Waals surface area contributed by atoms with Crippen molar-refractivity contribution < 1.29 is 14.3 Å². The Morgan fingerprint density at radius 1 is 1.29 bits per heavy atom. The van der Waals surface area contributed by atoms with Crippen LogP contribution in [0.5, 0.6) is 5.75 Å². The predicted octanol–water partition coefficient (Wildman–Crippen LogP) is 3.04. The van der Waals surface area contributed by atoms with E-state index >= 15 is 0 Å². The molecule has 1 aromatic rings. The SMILES string of the molecule is COCCC(=O)c1ccc(OC)cc1C(C)C. The van der Waals surface area contributed by atoms with Gasteiger partial charge >= 0.3 is 0 Å². The van der Waals surface area contributed by atoms with Crippen molar-refractivity contribution in [1.29, 1.82) is 0 Å². The monoisotopic (exact) mass is 236 g/mol. The number of rotatable bonds is 6. The average Bonchev–Trinajstić information content (AvgIpc) is 2.35. The van der Waals surface area contributed by atoms with Gasteiger partial charge in [-0.2, -0.15) is 0 Å². The number of methoxy groups -OCH3 is 2. The highest BCUT2D eigenvalue weighted by Crippen LogP contribution is 2.25. The van der Waals surface area contributed by atoms with E-state index in [4.69, 9.17) is 9.47 Å². The number of carbonyl (C=O) groups is 1. The number of ether oxygens (including phenoxy) is 2. The summed E-state index contributed by atoms with van der Waals surface area (Å²) < 4.78 is 10.1. The average molecular weight is 236 g/mol. The lowest BCUT2D eigenvalue weighted by Gasteiger charge is -2.13. The molecule has 0 aliphatic carbocycles. The summed E-state index contributed by atoms with van der Waals surface area (Å²) in [5, 5.41) is 0. The number of hydrogen-bond acceptors (Lipinski definition) is 3. The van der Waals surface area contributed by atoms with Gasteiger partial charge in [-0.15, -0.1) is 0 Å². The summed E-state index contributed by atoms with van der Waals surface area (Å²) in [6, 6.07) is 5.60. The van der Waals surface area contributed by atoms with Gasteiger partial charge in [0.15, 0.2) is 5.78 Å². The zero-order valence-electron chi connectivity index (χ0n) is 10.9. The lowest BCUT2D eigenvalue weighted by atomic mass is 9.93. The number of ketones is 1. The van der Waals surface area contributed by atoms with E-state index in [1.807, 2.05) is 18.2 Å². The van der Waals surface area contributed by atoms with Crippen LogP contribution in [0.2, 0.25) is 0 Å². The van der Waals surface area contributed by atoms with E-state index in [1.54, 1.807) is 14.2 Å². The first-order valence-electron chi connectivity index (χ1n) is 5.80. The van der Waals surface area contributed by atoms with Gasteiger partial charge in [0.2, 0.25) is 0 Å². The van der Waals surface area contributed by atoms with Gasteiger partial charge in [0.1, 0.15) is 5.75 Å². The van der Waals surface area contributed by atoms with Gasteiger partial charge in [-0.1, -0.05) is 13.8 Å². The van der Waals surface area contributed by atoms with Crippen LogP contribution >= 0.6 is 0 Å². The molecule has 0 unspecified atom stereocenters. The predicted molar refractivity (Wildman–Crippen MR) is 67.9 cm³/mol. The molecule has 0 amide bonds. The van der Waals surface area contributed by atoms with Crippen LogP contribution in [-0.4, -0.2) is 26.6 Å². The molecule has 0 aromatic heterocycles. The summed E-state index contributed by atoms with van der Waals surface area (Å²) in [6.07, 6.45) is 0.419. The van der Waals surface area contributed by atoms with E-state index in [9.17, 15) is 4.79 Å². The highest BCUT2D eigenvalue weighted by Gasteiger charge is 2.14. The first-order valence-corrected chi connectivity index (χ1v) is 5.80. The fraction of sp³-hybridized carbons (Fsp3) is 0.500. The van der Waals surface area contributed by atoms with Crippen LogP contribution in [0.3, 0.4) is 0 Å². The third-order valence-corrected chi connectivity index (χ3v) is 2.71. The second-order valence-electron chi connectivity index (χ2n) is 4.27. The lowest BCUT2D eigenvalue weighted by Crippen LogP contribution is -2.08. The standard InChI is InChI=1S/C14H20O3/c1-10(2)13-9-11(17-4)5-6-12(13)14(15)7-8-16-3/h5-6,9-10H,7-8H2,1-4H3. The molecular formula is C14H20O3. The minimum absolute atomic E-state index is 0.123. The summed E-state index contributed by atoms with van der Waals surface area (Å²) in [6.45, 7) is 4.60. The maximum absolute atomic E-state index is 12.0. The Morgan fingerprint density at radius 2 is 2.00 bits per heavy atom. The molecule has 3 nitrogen and oxygen atoms in total. The molecule has 0 spiro atoms. The minimum Gasteiger partial charge on any atom is -0.497 e. The third-order valence-electron chi connectivity index (χ3n) is 2.71. The van der Waals surface area contributed by atoms with Crippen molar-refractivity contribution in [1.82, 2.24) is 0 Å². The topological polar surface area (TPSA) is 35.5 Å². The Bertz CT molecular complexity index is 383. The smallest absolute Gasteiger partial charge is 0.165 e. The minimum atomic E-state index is 0.123. The van der Waals surface area contributed by atoms with Gasteiger partial charge in [0, 0.05) is 19.1 Å². The van der Waals surface area contributed by atoms with Crippen LogP contribution in [0.15, 0.2) is 18.2 Å². The molecule has 0 heterocycles. The van der Waals surface area contributed by atoms with E-state index in [1.165, 1.54) is 0 Å². The Hall–Kier alpha value is -1.35. The molecule has 0 saturated heterocycles. The molecule has 0 radical (unpaired) electrons. The second-order valence-corrected chi connectivity index (χ2v) is 4.27. The molecule has 0 bridgehead atoms. The number of hydrogen-bond donors (Lipinski definition) is 0. The summed E-state index contributed by atoms with van der Waals surface area (Å²) in [4.78, 5) is 12.0. The van der Waals surface area contributed by atoms with Crippen molar-refractivity contribution in [2.75, 3.05) is 20.8 Å². The van der Waals surface area contributed by atoms with E-state index in [2.05, 4.69) is 13.8 Å². The molecule has 94 valence electrons. The molecule has 1 rings (SSSR count). The Morgan fingerprint density at radius 3 is 2.53 bits per heavy atom. The zero-order valence-corrected chi connectivity index (χ0v) is 10.9. The summed E-state index contributed by atoms with van der Waals surface area (Å²) >= 11 is 0. The maximum Gasteiger partial charge on any atom is 0.165 e. The molecule has 0 aliphatic heterocycles. The second kappa shape index (κ2) is 6.40. The lowest BCUT2D eigenvalue weighted by molar-refractivity contribution is 0.0931. The summed E-state index contributed by atoms with van der Waals surface area (Å²) in [5.74, 6) is 1.21. The van der Waals surface area contributed by atoms with Gasteiger partial charge in [0.05, 0.1) is 13.7 Å². The Kier molecular flexibility index (Phi) is 5.16. The quantitative estimate of drug-likeness (QED) is 0.712. The van der Waals surface area contributed by atoms with Crippen LogP contribution < -0.4 is 4.74 Å². The molecule has 17 heavy (non-hydrogen) atoms. The molecule has 0 aliphatic rings. The number of carbonyl (C=O) groups excluding carboxylic acids is 1. The Balaban J connectivity index is 3.01. The van der Waals surface area contributed by atoms with Crippen LogP contribution in [-0.2, 0) is 4.74 Å². The van der Waals surface area contributed by atoms with Crippen LogP contribution in [0.1, 0.15) is 42.1 Å². The Labute approximate surface area is 103 Å². The van der Waals surface area contributed by atoms with E-state index < -0.39 is 0 Å². The van der Waals surface area contributed by atoms with E-state index in [-0.39, 0.29) is 5.78 Å². The normalized spacial score (nSPS) is 10.6. The number of Topliss-reactive ketones (excluding diaryl/α,β-unsaturated/α-hetero) is 1. The van der Waals surface area contributed by atoms with Crippen LogP contribution in [0.25, 0.3) is 0 Å². The molecule has 0 N–H and O–H groups in total. The molecule has 0 atom stereocenters. The molecule has 1 aromatic carbocycles.